The van der Waals surface area contributed by atoms with Gasteiger partial charge < -0.3 is 9.16 Å². The maximum absolute atomic E-state index is 7.35. The van der Waals surface area contributed by atoms with Crippen molar-refractivity contribution in [3.05, 3.63) is 62.9 Å². The van der Waals surface area contributed by atoms with Crippen LogP contribution in [0.25, 0.3) is 0 Å². The highest BCUT2D eigenvalue weighted by Gasteiger charge is 2.57. The summed E-state index contributed by atoms with van der Waals surface area (Å²) in [5.74, 6) is 0.307. The Morgan fingerprint density at radius 2 is 1.79 bits per heavy atom. The van der Waals surface area contributed by atoms with Crippen LogP contribution in [0, 0.1) is 5.41 Å². The first-order valence-electron chi connectivity index (χ1n) is 14.4. The third kappa shape index (κ3) is 4.84. The van der Waals surface area contributed by atoms with Crippen molar-refractivity contribution in [3.8, 4) is 0 Å². The van der Waals surface area contributed by atoms with Gasteiger partial charge in [0.1, 0.15) is 11.7 Å². The van der Waals surface area contributed by atoms with Gasteiger partial charge in [0, 0.05) is 37.0 Å². The molecular weight excluding hydrogens is 621 g/mol. The number of fused-ring (bicyclic) bond motifs is 4. The zero-order valence-corrected chi connectivity index (χ0v) is 28.6. The van der Waals surface area contributed by atoms with Crippen LogP contribution in [0.1, 0.15) is 126 Å². The van der Waals surface area contributed by atoms with Crippen LogP contribution in [0.15, 0.2) is 24.3 Å². The lowest BCUT2D eigenvalue weighted by Crippen LogP contribution is -2.44. The molecule has 0 radical (unpaired) electrons. The minimum atomic E-state index is -2.03. The molecule has 4 atom stereocenters. The molecule has 0 saturated heterocycles. The summed E-state index contributed by atoms with van der Waals surface area (Å²) in [5, 5.41) is 0.898. The van der Waals surface area contributed by atoms with E-state index < -0.39 is 8.32 Å². The number of pyridine rings is 1. The second kappa shape index (κ2) is 9.82. The highest BCUT2D eigenvalue weighted by Crippen LogP contribution is 2.62. The van der Waals surface area contributed by atoms with Crippen LogP contribution in [0.5, 0.6) is 0 Å². The van der Waals surface area contributed by atoms with Crippen molar-refractivity contribution < 1.29 is 9.16 Å². The van der Waals surface area contributed by atoms with Gasteiger partial charge >= 0.3 is 0 Å². The Morgan fingerprint density at radius 1 is 1.13 bits per heavy atom. The summed E-state index contributed by atoms with van der Waals surface area (Å²) < 4.78 is 15.1. The van der Waals surface area contributed by atoms with Gasteiger partial charge in [0.15, 0.2) is 8.32 Å². The number of benzene rings is 1. The second-order valence-corrected chi connectivity index (χ2v) is 21.2. The van der Waals surface area contributed by atoms with E-state index in [-0.39, 0.29) is 28.3 Å². The average molecular weight is 666 g/mol. The summed E-state index contributed by atoms with van der Waals surface area (Å²) >= 11 is 8.99. The Bertz CT molecular complexity index is 1220. The van der Waals surface area contributed by atoms with Crippen LogP contribution < -0.4 is 0 Å². The molecule has 1 saturated carbocycles. The van der Waals surface area contributed by atoms with E-state index in [2.05, 4.69) is 96.3 Å². The molecule has 2 unspecified atom stereocenters. The van der Waals surface area contributed by atoms with Gasteiger partial charge in [0.2, 0.25) is 0 Å². The standard InChI is InChI=1S/C32H45ClINO2Si/c1-19(2)28-26-27(32(16-10-11-24(32)34)36-29(26)20-12-14-21(33)15-13-20)25-22(35-28)17-31(6,7)18-23(25)37-38(8,9)30(3,4)5/h12-15,19,23-24,29H,10-11,16-18H2,1-9H3/t23-,24?,29+,32?/m0/s1. The Morgan fingerprint density at radius 3 is 2.34 bits per heavy atom. The molecule has 1 aliphatic heterocycles. The topological polar surface area (TPSA) is 31.4 Å². The Labute approximate surface area is 250 Å². The summed E-state index contributed by atoms with van der Waals surface area (Å²) in [6.45, 7) is 21.2. The number of rotatable bonds is 4. The Hall–Kier alpha value is -0.473. The lowest BCUT2D eigenvalue weighted by Gasteiger charge is -2.45. The average Bonchev–Trinajstić information content (AvgIpc) is 3.32. The van der Waals surface area contributed by atoms with Gasteiger partial charge in [-0.3, -0.25) is 4.98 Å². The molecule has 38 heavy (non-hydrogen) atoms. The van der Waals surface area contributed by atoms with E-state index in [4.69, 9.17) is 25.7 Å². The smallest absolute Gasteiger partial charge is 0.192 e. The van der Waals surface area contributed by atoms with Crippen LogP contribution in [-0.4, -0.2) is 17.2 Å². The highest BCUT2D eigenvalue weighted by molar-refractivity contribution is 14.1. The fraction of sp³-hybridized carbons (Fsp3) is 0.656. The summed E-state index contributed by atoms with van der Waals surface area (Å²) in [6.07, 6.45) is 5.35. The van der Waals surface area contributed by atoms with E-state index in [1.54, 1.807) is 0 Å². The van der Waals surface area contributed by atoms with Crippen LogP contribution in [0.3, 0.4) is 0 Å². The zero-order chi connectivity index (χ0) is 27.8. The molecule has 3 aliphatic rings. The normalized spacial score (nSPS) is 28.7. The van der Waals surface area contributed by atoms with Gasteiger partial charge in [0.05, 0.1) is 6.10 Å². The van der Waals surface area contributed by atoms with Crippen molar-refractivity contribution in [2.75, 3.05) is 0 Å². The molecule has 1 aromatic carbocycles. The largest absolute Gasteiger partial charge is 0.410 e. The Balaban J connectivity index is 1.80. The molecule has 2 aromatic rings. The second-order valence-electron chi connectivity index (χ2n) is 14.5. The first-order valence-corrected chi connectivity index (χ1v) is 18.9. The lowest BCUT2D eigenvalue weighted by atomic mass is 9.70. The third-order valence-corrected chi connectivity index (χ3v) is 15.9. The van der Waals surface area contributed by atoms with Crippen LogP contribution in [-0.2, 0) is 21.2 Å². The van der Waals surface area contributed by atoms with Crippen molar-refractivity contribution in [1.29, 1.82) is 0 Å². The van der Waals surface area contributed by atoms with Crippen LogP contribution in [0.2, 0.25) is 23.2 Å². The molecule has 1 fully saturated rings. The van der Waals surface area contributed by atoms with Crippen molar-refractivity contribution in [3.63, 3.8) is 0 Å². The number of hydrogen-bond donors (Lipinski definition) is 0. The molecule has 0 bridgehead atoms. The summed E-state index contributed by atoms with van der Waals surface area (Å²) in [6, 6.07) is 8.27. The predicted molar refractivity (Wildman–Crippen MR) is 169 cm³/mol. The van der Waals surface area contributed by atoms with E-state index >= 15 is 0 Å². The molecule has 2 aliphatic carbocycles. The van der Waals surface area contributed by atoms with Crippen molar-refractivity contribution in [2.24, 2.45) is 5.41 Å². The van der Waals surface area contributed by atoms with Crippen molar-refractivity contribution >= 4 is 42.5 Å². The van der Waals surface area contributed by atoms with Crippen LogP contribution in [0.4, 0.5) is 0 Å². The minimum Gasteiger partial charge on any atom is -0.410 e. The maximum atomic E-state index is 7.35. The molecule has 1 spiro atoms. The molecule has 5 rings (SSSR count). The van der Waals surface area contributed by atoms with Gasteiger partial charge in [-0.1, -0.05) is 94.8 Å². The molecule has 208 valence electrons. The van der Waals surface area contributed by atoms with E-state index in [0.29, 0.717) is 9.84 Å². The fourth-order valence-electron chi connectivity index (χ4n) is 6.64. The van der Waals surface area contributed by atoms with Crippen molar-refractivity contribution in [1.82, 2.24) is 4.98 Å². The lowest BCUT2D eigenvalue weighted by molar-refractivity contribution is -0.0514. The van der Waals surface area contributed by atoms with Gasteiger partial charge in [-0.15, -0.1) is 0 Å². The molecule has 3 nitrogen and oxygen atoms in total. The first kappa shape index (κ1) is 29.0. The third-order valence-electron chi connectivity index (χ3n) is 9.57. The van der Waals surface area contributed by atoms with E-state index in [1.165, 1.54) is 46.5 Å². The highest BCUT2D eigenvalue weighted by atomic mass is 127. The maximum Gasteiger partial charge on any atom is 0.192 e. The number of aromatic nitrogens is 1. The van der Waals surface area contributed by atoms with Crippen LogP contribution >= 0.6 is 34.2 Å². The molecule has 6 heteroatoms. The number of ether oxygens (including phenoxy) is 1. The SMILES string of the molecule is CC(C)c1nc2c(c3c1[C@@H](c1ccc(Cl)cc1)OC31CCCC1I)[C@@H](O[Si](C)(C)C(C)(C)C)CC(C)(C)C2. The zero-order valence-electron chi connectivity index (χ0n) is 24.7. The number of alkyl halides is 1. The number of nitrogens with zero attached hydrogens (tertiary/aromatic N) is 1. The molecule has 0 amide bonds. The van der Waals surface area contributed by atoms with Gasteiger partial charge in [-0.05, 0) is 79.3 Å². The Kier molecular flexibility index (Phi) is 7.50. The molecular formula is C32H45ClINO2Si. The number of halogens is 2. The van der Waals surface area contributed by atoms with Crippen molar-refractivity contribution in [2.45, 2.75) is 126 Å². The molecule has 0 N–H and O–H groups in total. The van der Waals surface area contributed by atoms with Gasteiger partial charge in [-0.25, -0.2) is 0 Å². The minimum absolute atomic E-state index is 0.0470. The summed E-state index contributed by atoms with van der Waals surface area (Å²) in [5.41, 5.74) is 7.58. The molecule has 1 aromatic heterocycles. The van der Waals surface area contributed by atoms with E-state index in [9.17, 15) is 0 Å². The fourth-order valence-corrected chi connectivity index (χ4v) is 9.24. The first-order chi connectivity index (χ1) is 17.6. The van der Waals surface area contributed by atoms with E-state index in [1.807, 2.05) is 12.1 Å². The monoisotopic (exact) mass is 665 g/mol. The van der Waals surface area contributed by atoms with Gasteiger partial charge in [0.25, 0.3) is 0 Å². The number of hydrogen-bond acceptors (Lipinski definition) is 3. The summed E-state index contributed by atoms with van der Waals surface area (Å²) in [7, 11) is -2.03. The molecule has 2 heterocycles. The van der Waals surface area contributed by atoms with E-state index in [0.717, 1.165) is 24.3 Å². The predicted octanol–water partition coefficient (Wildman–Crippen LogP) is 10.2. The van der Waals surface area contributed by atoms with Gasteiger partial charge in [-0.2, -0.15) is 0 Å². The summed E-state index contributed by atoms with van der Waals surface area (Å²) in [4.78, 5) is 5.52. The quantitative estimate of drug-likeness (QED) is 0.185.